The summed E-state index contributed by atoms with van der Waals surface area (Å²) in [7, 11) is 2.22. The van der Waals surface area contributed by atoms with Gasteiger partial charge in [0, 0.05) is 37.4 Å². The number of aromatic nitrogens is 1. The highest BCUT2D eigenvalue weighted by atomic mass is 19.4. The van der Waals surface area contributed by atoms with Gasteiger partial charge in [-0.1, -0.05) is 19.3 Å². The number of carbonyl (C=O) groups is 1. The normalized spacial score (nSPS) is 18.2. The van der Waals surface area contributed by atoms with Crippen LogP contribution in [0.15, 0.2) is 42.6 Å². The van der Waals surface area contributed by atoms with E-state index in [4.69, 9.17) is 9.47 Å². The van der Waals surface area contributed by atoms with Gasteiger partial charge in [-0.3, -0.25) is 0 Å². The Kier molecular flexibility index (Phi) is 7.60. The predicted octanol–water partition coefficient (Wildman–Crippen LogP) is 6.12. The summed E-state index contributed by atoms with van der Waals surface area (Å²) in [6.45, 7) is 1.34. The second-order valence-electron chi connectivity index (χ2n) is 9.00. The Morgan fingerprint density at radius 1 is 0.941 bits per heavy atom. The van der Waals surface area contributed by atoms with Crippen molar-refractivity contribution in [2.45, 2.75) is 63.2 Å². The molecule has 0 radical (unpaired) electrons. The van der Waals surface area contributed by atoms with E-state index in [0.29, 0.717) is 36.7 Å². The fraction of sp³-hybridized carbons (Fsp3) is 0.520. The Balaban J connectivity index is 1.24. The number of nitrogens with zero attached hydrogens (tertiary/aromatic N) is 3. The van der Waals surface area contributed by atoms with Gasteiger partial charge in [0.15, 0.2) is 0 Å². The first-order valence-corrected chi connectivity index (χ1v) is 11.8. The number of hydrogen-bond acceptors (Lipinski definition) is 5. The summed E-state index contributed by atoms with van der Waals surface area (Å²) < 4.78 is 48.9. The molecule has 2 fully saturated rings. The number of piperidine rings is 1. The van der Waals surface area contributed by atoms with Crippen molar-refractivity contribution in [1.29, 1.82) is 0 Å². The third-order valence-corrected chi connectivity index (χ3v) is 6.76. The number of alkyl halides is 3. The van der Waals surface area contributed by atoms with Crippen LogP contribution in [0.25, 0.3) is 0 Å². The fourth-order valence-corrected chi connectivity index (χ4v) is 4.71. The molecular weight excluding hydrogens is 447 g/mol. The van der Waals surface area contributed by atoms with Crippen LogP contribution in [0.5, 0.6) is 17.4 Å². The van der Waals surface area contributed by atoms with Gasteiger partial charge in [-0.15, -0.1) is 0 Å². The van der Waals surface area contributed by atoms with E-state index in [-0.39, 0.29) is 12.0 Å². The lowest BCUT2D eigenvalue weighted by Gasteiger charge is -2.41. The highest BCUT2D eigenvalue weighted by Gasteiger charge is 2.31. The Morgan fingerprint density at radius 3 is 2.15 bits per heavy atom. The summed E-state index contributed by atoms with van der Waals surface area (Å²) in [6, 6.07) is 9.56. The highest BCUT2D eigenvalue weighted by Crippen LogP contribution is 2.31. The molecule has 1 aromatic heterocycles. The molecule has 1 saturated carbocycles. The van der Waals surface area contributed by atoms with Crippen LogP contribution in [0.4, 0.5) is 18.0 Å². The number of halogens is 3. The molecular formula is C25H30F3N3O3. The van der Waals surface area contributed by atoms with E-state index in [1.807, 2.05) is 0 Å². The van der Waals surface area contributed by atoms with E-state index < -0.39 is 11.7 Å². The molecule has 1 saturated heterocycles. The van der Waals surface area contributed by atoms with Crippen LogP contribution in [0.1, 0.15) is 50.5 Å². The van der Waals surface area contributed by atoms with Gasteiger partial charge in [0.25, 0.3) is 0 Å². The molecule has 9 heteroatoms. The molecule has 4 rings (SSSR count). The van der Waals surface area contributed by atoms with Crippen molar-refractivity contribution in [3.63, 3.8) is 0 Å². The van der Waals surface area contributed by atoms with Gasteiger partial charge >= 0.3 is 12.3 Å². The van der Waals surface area contributed by atoms with Crippen molar-refractivity contribution >= 4 is 6.09 Å². The van der Waals surface area contributed by atoms with Gasteiger partial charge < -0.3 is 19.3 Å². The monoisotopic (exact) mass is 477 g/mol. The van der Waals surface area contributed by atoms with Crippen molar-refractivity contribution in [2.24, 2.45) is 0 Å². The maximum Gasteiger partial charge on any atom is 0.417 e. The standard InChI is InChI=1S/C25H30F3N3O3/c1-30(19-5-3-2-4-6-19)20-13-15-31(16-14-20)24(32)34-22-10-8-21(9-11-22)33-23-12-7-18(17-29-23)25(26,27)28/h7-12,17,19-20H,2-6,13-16H2,1H3. The van der Waals surface area contributed by atoms with Gasteiger partial charge in [-0.2, -0.15) is 13.2 Å². The number of benzene rings is 1. The van der Waals surface area contributed by atoms with Crippen molar-refractivity contribution in [3.8, 4) is 17.4 Å². The molecule has 1 aliphatic carbocycles. The molecule has 34 heavy (non-hydrogen) atoms. The lowest BCUT2D eigenvalue weighted by Crippen LogP contribution is -2.49. The number of rotatable bonds is 5. The summed E-state index contributed by atoms with van der Waals surface area (Å²) in [5, 5.41) is 0. The highest BCUT2D eigenvalue weighted by molar-refractivity contribution is 5.70. The molecule has 0 spiro atoms. The molecule has 0 atom stereocenters. The fourth-order valence-electron chi connectivity index (χ4n) is 4.71. The molecule has 6 nitrogen and oxygen atoms in total. The lowest BCUT2D eigenvalue weighted by molar-refractivity contribution is -0.137. The Bertz CT molecular complexity index is 937. The number of likely N-dealkylation sites (tertiary alicyclic amines) is 1. The molecule has 0 unspecified atom stereocenters. The van der Waals surface area contributed by atoms with E-state index in [9.17, 15) is 18.0 Å². The Morgan fingerprint density at radius 2 is 1.56 bits per heavy atom. The minimum Gasteiger partial charge on any atom is -0.439 e. The zero-order valence-corrected chi connectivity index (χ0v) is 19.3. The Labute approximate surface area is 197 Å². The maximum atomic E-state index is 12.6. The second-order valence-corrected chi connectivity index (χ2v) is 9.00. The number of amides is 1. The summed E-state index contributed by atoms with van der Waals surface area (Å²) >= 11 is 0. The largest absolute Gasteiger partial charge is 0.439 e. The lowest BCUT2D eigenvalue weighted by atomic mass is 9.92. The van der Waals surface area contributed by atoms with Crippen LogP contribution < -0.4 is 9.47 Å². The van der Waals surface area contributed by atoms with E-state index in [1.165, 1.54) is 32.1 Å². The third-order valence-electron chi connectivity index (χ3n) is 6.76. The number of carbonyl (C=O) groups excluding carboxylic acids is 1. The van der Waals surface area contributed by atoms with Crippen LogP contribution >= 0.6 is 0 Å². The van der Waals surface area contributed by atoms with Gasteiger partial charge in [-0.05, 0) is 63.1 Å². The van der Waals surface area contributed by atoms with Crippen LogP contribution in [-0.4, -0.2) is 53.1 Å². The molecule has 2 aromatic rings. The SMILES string of the molecule is CN(C1CCCCC1)C1CCN(C(=O)Oc2ccc(Oc3ccc(C(F)(F)F)cn3)cc2)CC1. The first-order valence-electron chi connectivity index (χ1n) is 11.8. The van der Waals surface area contributed by atoms with E-state index >= 15 is 0 Å². The van der Waals surface area contributed by atoms with Crippen molar-refractivity contribution in [2.75, 3.05) is 20.1 Å². The maximum absolute atomic E-state index is 12.6. The smallest absolute Gasteiger partial charge is 0.417 e. The molecule has 2 aliphatic rings. The molecule has 0 N–H and O–H groups in total. The second kappa shape index (κ2) is 10.6. The summed E-state index contributed by atoms with van der Waals surface area (Å²) in [4.78, 5) is 20.5. The molecule has 2 heterocycles. The van der Waals surface area contributed by atoms with E-state index in [2.05, 4.69) is 16.9 Å². The summed E-state index contributed by atoms with van der Waals surface area (Å²) in [5.74, 6) is 0.789. The van der Waals surface area contributed by atoms with Gasteiger partial charge in [0.2, 0.25) is 5.88 Å². The van der Waals surface area contributed by atoms with Crippen LogP contribution in [0, 0.1) is 0 Å². The van der Waals surface area contributed by atoms with Gasteiger partial charge in [0.05, 0.1) is 5.56 Å². The van der Waals surface area contributed by atoms with Gasteiger partial charge in [0.1, 0.15) is 11.5 Å². The average molecular weight is 478 g/mol. The third kappa shape index (κ3) is 6.20. The minimum absolute atomic E-state index is 0.0406. The van der Waals surface area contributed by atoms with Crippen molar-refractivity contribution < 1.29 is 27.4 Å². The van der Waals surface area contributed by atoms with E-state index in [1.54, 1.807) is 29.2 Å². The van der Waals surface area contributed by atoms with E-state index in [0.717, 1.165) is 31.2 Å². The minimum atomic E-state index is -4.45. The topological polar surface area (TPSA) is 54.9 Å². The summed E-state index contributed by atoms with van der Waals surface area (Å²) in [5.41, 5.74) is -0.841. The first-order chi connectivity index (χ1) is 16.3. The zero-order valence-electron chi connectivity index (χ0n) is 19.3. The van der Waals surface area contributed by atoms with Crippen LogP contribution in [0.2, 0.25) is 0 Å². The van der Waals surface area contributed by atoms with Gasteiger partial charge in [-0.25, -0.2) is 9.78 Å². The Hall–Kier alpha value is -2.81. The van der Waals surface area contributed by atoms with Crippen molar-refractivity contribution in [3.05, 3.63) is 48.2 Å². The average Bonchev–Trinajstić information content (AvgIpc) is 2.85. The number of pyridine rings is 1. The molecule has 1 amide bonds. The molecule has 1 aromatic carbocycles. The molecule has 184 valence electrons. The number of ether oxygens (including phenoxy) is 2. The van der Waals surface area contributed by atoms with Crippen LogP contribution in [-0.2, 0) is 6.18 Å². The quantitative estimate of drug-likeness (QED) is 0.519. The number of hydrogen-bond donors (Lipinski definition) is 0. The molecule has 1 aliphatic heterocycles. The van der Waals surface area contributed by atoms with Crippen LogP contribution in [0.3, 0.4) is 0 Å². The predicted molar refractivity (Wildman–Crippen MR) is 121 cm³/mol. The summed E-state index contributed by atoms with van der Waals surface area (Å²) in [6.07, 6.45) is 4.28. The van der Waals surface area contributed by atoms with Crippen molar-refractivity contribution in [1.82, 2.24) is 14.8 Å². The molecule has 0 bridgehead atoms. The zero-order chi connectivity index (χ0) is 24.1. The first kappa shape index (κ1) is 24.3.